The summed E-state index contributed by atoms with van der Waals surface area (Å²) in [6.45, 7) is 3.57. The van der Waals surface area contributed by atoms with Crippen LogP contribution < -0.4 is 4.74 Å². The van der Waals surface area contributed by atoms with Gasteiger partial charge in [-0.15, -0.1) is 0 Å². The van der Waals surface area contributed by atoms with Gasteiger partial charge in [0.2, 0.25) is 0 Å². The van der Waals surface area contributed by atoms with Gasteiger partial charge in [-0.1, -0.05) is 0 Å². The molecule has 126 valence electrons. The zero-order valence-corrected chi connectivity index (χ0v) is 13.9. The third-order valence-corrected chi connectivity index (χ3v) is 4.48. The molecule has 0 radical (unpaired) electrons. The van der Waals surface area contributed by atoms with Crippen molar-refractivity contribution in [3.05, 3.63) is 53.6 Å². The minimum atomic E-state index is -0.245. The number of ether oxygens (including phenoxy) is 1. The smallest absolute Gasteiger partial charge is 0.123 e. The highest BCUT2D eigenvalue weighted by atomic mass is 19.1. The van der Waals surface area contributed by atoms with E-state index in [2.05, 4.69) is 11.0 Å². The monoisotopic (exact) mass is 327 g/mol. The molecule has 0 amide bonds. The molecule has 2 heterocycles. The predicted octanol–water partition coefficient (Wildman–Crippen LogP) is 3.33. The quantitative estimate of drug-likeness (QED) is 0.846. The number of nitrogens with zero attached hydrogens (tertiary/aromatic N) is 3. The fourth-order valence-corrected chi connectivity index (χ4v) is 3.26. The molecule has 0 N–H and O–H groups in total. The zero-order valence-electron chi connectivity index (χ0n) is 13.9. The van der Waals surface area contributed by atoms with E-state index in [1.165, 1.54) is 17.7 Å². The van der Waals surface area contributed by atoms with E-state index in [1.807, 2.05) is 23.9 Å². The van der Waals surface area contributed by atoms with Crippen LogP contribution in [-0.2, 0) is 13.6 Å². The molecule has 1 fully saturated rings. The Morgan fingerprint density at radius 3 is 2.83 bits per heavy atom. The molecule has 0 aliphatic carbocycles. The van der Waals surface area contributed by atoms with Crippen LogP contribution >= 0.6 is 0 Å². The van der Waals surface area contributed by atoms with Crippen molar-refractivity contribution in [3.63, 3.8) is 0 Å². The molecule has 0 bridgehead atoms. The van der Waals surface area contributed by atoms with Crippen molar-refractivity contribution in [3.8, 4) is 11.8 Å². The van der Waals surface area contributed by atoms with Crippen LogP contribution in [0.4, 0.5) is 4.39 Å². The van der Waals surface area contributed by atoms with E-state index in [9.17, 15) is 4.39 Å². The van der Waals surface area contributed by atoms with Crippen molar-refractivity contribution < 1.29 is 9.13 Å². The Balaban J connectivity index is 1.52. The van der Waals surface area contributed by atoms with Crippen molar-refractivity contribution in [2.75, 3.05) is 19.7 Å². The highest BCUT2D eigenvalue weighted by Gasteiger charge is 2.21. The molecule has 5 heteroatoms. The van der Waals surface area contributed by atoms with Gasteiger partial charge in [-0.2, -0.15) is 5.26 Å². The number of hydrogen-bond donors (Lipinski definition) is 0. The molecule has 1 atom stereocenters. The highest BCUT2D eigenvalue weighted by molar-refractivity contribution is 5.28. The Morgan fingerprint density at radius 1 is 1.33 bits per heavy atom. The van der Waals surface area contributed by atoms with Crippen LogP contribution in [-0.4, -0.2) is 29.2 Å². The lowest BCUT2D eigenvalue weighted by atomic mass is 9.98. The van der Waals surface area contributed by atoms with Gasteiger partial charge in [-0.25, -0.2) is 4.39 Å². The first-order valence-corrected chi connectivity index (χ1v) is 8.30. The van der Waals surface area contributed by atoms with Gasteiger partial charge in [0, 0.05) is 32.3 Å². The summed E-state index contributed by atoms with van der Waals surface area (Å²) in [5, 5.41) is 9.05. The summed E-state index contributed by atoms with van der Waals surface area (Å²) in [7, 11) is 1.90. The molecule has 0 saturated carbocycles. The average Bonchev–Trinajstić information content (AvgIpc) is 2.94. The van der Waals surface area contributed by atoms with Gasteiger partial charge >= 0.3 is 0 Å². The fourth-order valence-electron chi connectivity index (χ4n) is 3.26. The van der Waals surface area contributed by atoms with Crippen molar-refractivity contribution in [2.24, 2.45) is 13.0 Å². The minimum Gasteiger partial charge on any atom is -0.493 e. The van der Waals surface area contributed by atoms with Gasteiger partial charge in [-0.3, -0.25) is 4.90 Å². The predicted molar refractivity (Wildman–Crippen MR) is 90.0 cm³/mol. The normalized spacial score (nSPS) is 18.3. The summed E-state index contributed by atoms with van der Waals surface area (Å²) < 4.78 is 20.6. The van der Waals surface area contributed by atoms with E-state index in [0.29, 0.717) is 18.2 Å². The maximum Gasteiger partial charge on any atom is 0.123 e. The Hall–Kier alpha value is -2.32. The molecule has 1 aromatic heterocycles. The van der Waals surface area contributed by atoms with Crippen LogP contribution in [0.25, 0.3) is 0 Å². The van der Waals surface area contributed by atoms with Crippen molar-refractivity contribution >= 4 is 0 Å². The second kappa shape index (κ2) is 7.50. The summed E-state index contributed by atoms with van der Waals surface area (Å²) in [4.78, 5) is 2.42. The average molecular weight is 327 g/mol. The molecule has 1 aromatic carbocycles. The van der Waals surface area contributed by atoms with E-state index in [-0.39, 0.29) is 5.82 Å². The van der Waals surface area contributed by atoms with Gasteiger partial charge in [0.15, 0.2) is 0 Å². The van der Waals surface area contributed by atoms with Crippen LogP contribution in [0.3, 0.4) is 0 Å². The lowest BCUT2D eigenvalue weighted by molar-refractivity contribution is 0.125. The minimum absolute atomic E-state index is 0.245. The Labute approximate surface area is 142 Å². The van der Waals surface area contributed by atoms with Crippen LogP contribution in [0.5, 0.6) is 5.75 Å². The molecule has 0 spiro atoms. The molecule has 24 heavy (non-hydrogen) atoms. The van der Waals surface area contributed by atoms with Crippen molar-refractivity contribution in [1.29, 1.82) is 5.26 Å². The standard InChI is InChI=1S/C19H22FN3O/c1-22-11-16(9-18(22)10-21)13-23-8-2-3-15(12-23)14-24-19-6-4-17(20)5-7-19/h4-7,9,11,15H,2-3,8,12-14H2,1H3. The molecule has 3 rings (SSSR count). The van der Waals surface area contributed by atoms with Crippen LogP contribution in [0.1, 0.15) is 24.1 Å². The number of aryl methyl sites for hydroxylation is 1. The van der Waals surface area contributed by atoms with Crippen molar-refractivity contribution in [2.45, 2.75) is 19.4 Å². The lowest BCUT2D eigenvalue weighted by Crippen LogP contribution is -2.37. The first-order valence-electron chi connectivity index (χ1n) is 8.30. The van der Waals surface area contributed by atoms with Gasteiger partial charge < -0.3 is 9.30 Å². The second-order valence-electron chi connectivity index (χ2n) is 6.46. The number of aromatic nitrogens is 1. The maximum absolute atomic E-state index is 12.9. The fraction of sp³-hybridized carbons (Fsp3) is 0.421. The van der Waals surface area contributed by atoms with Gasteiger partial charge in [0.25, 0.3) is 0 Å². The largest absolute Gasteiger partial charge is 0.493 e. The first kappa shape index (κ1) is 16.5. The number of piperidine rings is 1. The van der Waals surface area contributed by atoms with E-state index < -0.39 is 0 Å². The van der Waals surface area contributed by atoms with E-state index in [4.69, 9.17) is 10.00 Å². The number of rotatable bonds is 5. The highest BCUT2D eigenvalue weighted by Crippen LogP contribution is 2.21. The molecular formula is C19H22FN3O. The third-order valence-electron chi connectivity index (χ3n) is 4.48. The maximum atomic E-state index is 12.9. The SMILES string of the molecule is Cn1cc(CN2CCCC(COc3ccc(F)cc3)C2)cc1C#N. The third kappa shape index (κ3) is 4.15. The number of nitriles is 1. The Bertz CT molecular complexity index is 717. The summed E-state index contributed by atoms with van der Waals surface area (Å²) in [6.07, 6.45) is 4.32. The van der Waals surface area contributed by atoms with E-state index in [1.54, 1.807) is 12.1 Å². The Morgan fingerprint density at radius 2 is 2.12 bits per heavy atom. The number of benzene rings is 1. The molecule has 1 unspecified atom stereocenters. The van der Waals surface area contributed by atoms with E-state index >= 15 is 0 Å². The van der Waals surface area contributed by atoms with E-state index in [0.717, 1.165) is 38.2 Å². The van der Waals surface area contributed by atoms with Gasteiger partial charge in [0.1, 0.15) is 23.3 Å². The first-order chi connectivity index (χ1) is 11.6. The number of hydrogen-bond acceptors (Lipinski definition) is 3. The summed E-state index contributed by atoms with van der Waals surface area (Å²) in [6, 6.07) is 10.3. The summed E-state index contributed by atoms with van der Waals surface area (Å²) >= 11 is 0. The van der Waals surface area contributed by atoms with Crippen LogP contribution in [0.15, 0.2) is 36.5 Å². The lowest BCUT2D eigenvalue weighted by Gasteiger charge is -2.32. The Kier molecular flexibility index (Phi) is 5.17. The topological polar surface area (TPSA) is 41.2 Å². The number of halogens is 1. The summed E-state index contributed by atoms with van der Waals surface area (Å²) in [5.74, 6) is 0.948. The number of likely N-dealkylation sites (tertiary alicyclic amines) is 1. The molecule has 4 nitrogen and oxygen atoms in total. The molecule has 1 saturated heterocycles. The molecule has 2 aromatic rings. The zero-order chi connectivity index (χ0) is 16.9. The van der Waals surface area contributed by atoms with Crippen LogP contribution in [0, 0.1) is 23.1 Å². The van der Waals surface area contributed by atoms with Gasteiger partial charge in [-0.05, 0) is 55.3 Å². The molecular weight excluding hydrogens is 305 g/mol. The second-order valence-corrected chi connectivity index (χ2v) is 6.46. The molecule has 1 aliphatic rings. The van der Waals surface area contributed by atoms with Crippen LogP contribution in [0.2, 0.25) is 0 Å². The summed E-state index contributed by atoms with van der Waals surface area (Å²) in [5.41, 5.74) is 1.87. The van der Waals surface area contributed by atoms with Gasteiger partial charge in [0.05, 0.1) is 6.61 Å². The molecule has 1 aliphatic heterocycles. The van der Waals surface area contributed by atoms with Crippen molar-refractivity contribution in [1.82, 2.24) is 9.47 Å².